The van der Waals surface area contributed by atoms with Crippen LogP contribution in [0.5, 0.6) is 5.75 Å². The lowest BCUT2D eigenvalue weighted by atomic mass is 10.2. The number of non-ortho nitro benzene ring substituents is 1. The highest BCUT2D eigenvalue weighted by Gasteiger charge is 2.09. The molecule has 1 aromatic heterocycles. The number of benzene rings is 3. The largest absolute Gasteiger partial charge is 0.487 e. The van der Waals surface area contributed by atoms with E-state index < -0.39 is 4.92 Å². The second-order valence-corrected chi connectivity index (χ2v) is 7.47. The van der Waals surface area contributed by atoms with Crippen molar-refractivity contribution < 1.29 is 9.66 Å². The number of nitrogens with one attached hydrogen (secondary N) is 1. The quantitative estimate of drug-likeness (QED) is 0.165. The number of aromatic nitrogens is 3. The average Bonchev–Trinajstić information content (AvgIpc) is 3.18. The van der Waals surface area contributed by atoms with Gasteiger partial charge in [-0.15, -0.1) is 0 Å². The maximum atomic E-state index is 10.9. The van der Waals surface area contributed by atoms with Crippen LogP contribution in [0.2, 0.25) is 5.02 Å². The molecular formula is C22H16ClN5O3S. The number of aromatic amines is 1. The second-order valence-electron chi connectivity index (χ2n) is 6.68. The lowest BCUT2D eigenvalue weighted by Crippen LogP contribution is -1.98. The van der Waals surface area contributed by atoms with Crippen molar-refractivity contribution in [2.24, 2.45) is 5.10 Å². The molecule has 0 saturated heterocycles. The molecule has 32 heavy (non-hydrogen) atoms. The zero-order chi connectivity index (χ0) is 22.5. The number of halogens is 1. The first kappa shape index (κ1) is 21.4. The fourth-order valence-electron chi connectivity index (χ4n) is 2.93. The first-order chi connectivity index (χ1) is 15.5. The normalized spacial score (nSPS) is 11.0. The Morgan fingerprint density at radius 3 is 2.72 bits per heavy atom. The van der Waals surface area contributed by atoms with Gasteiger partial charge in [-0.25, -0.2) is 5.10 Å². The van der Waals surface area contributed by atoms with Crippen LogP contribution >= 0.6 is 23.8 Å². The maximum absolute atomic E-state index is 10.9. The van der Waals surface area contributed by atoms with Crippen molar-refractivity contribution in [2.45, 2.75) is 6.61 Å². The van der Waals surface area contributed by atoms with Crippen LogP contribution in [0.3, 0.4) is 0 Å². The minimum atomic E-state index is -0.444. The predicted molar refractivity (Wildman–Crippen MR) is 125 cm³/mol. The van der Waals surface area contributed by atoms with Crippen LogP contribution in [0.4, 0.5) is 5.69 Å². The van der Waals surface area contributed by atoms with Crippen molar-refractivity contribution in [1.29, 1.82) is 0 Å². The lowest BCUT2D eigenvalue weighted by Gasteiger charge is -2.08. The Bertz CT molecular complexity index is 1350. The fraction of sp³-hybridized carbons (Fsp3) is 0.0455. The monoisotopic (exact) mass is 465 g/mol. The number of hydrogen-bond acceptors (Lipinski definition) is 6. The first-order valence-corrected chi connectivity index (χ1v) is 10.2. The van der Waals surface area contributed by atoms with Gasteiger partial charge in [0.05, 0.1) is 16.2 Å². The first-order valence-electron chi connectivity index (χ1n) is 9.44. The van der Waals surface area contributed by atoms with Crippen LogP contribution < -0.4 is 4.74 Å². The van der Waals surface area contributed by atoms with Crippen molar-refractivity contribution in [3.05, 3.63) is 104 Å². The van der Waals surface area contributed by atoms with Crippen molar-refractivity contribution in [1.82, 2.24) is 14.9 Å². The Morgan fingerprint density at radius 1 is 1.16 bits per heavy atom. The number of rotatable bonds is 7. The molecule has 0 saturated carbocycles. The molecule has 0 amide bonds. The molecule has 0 fully saturated rings. The van der Waals surface area contributed by atoms with Crippen LogP contribution in [0.1, 0.15) is 11.1 Å². The molecule has 10 heteroatoms. The molecule has 4 aromatic rings. The number of ether oxygens (including phenoxy) is 1. The van der Waals surface area contributed by atoms with Crippen LogP contribution in [0, 0.1) is 14.9 Å². The Kier molecular flexibility index (Phi) is 6.39. The fourth-order valence-corrected chi connectivity index (χ4v) is 3.36. The van der Waals surface area contributed by atoms with Crippen LogP contribution in [-0.4, -0.2) is 26.0 Å². The van der Waals surface area contributed by atoms with E-state index in [9.17, 15) is 10.1 Å². The number of H-pyrrole nitrogens is 1. The van der Waals surface area contributed by atoms with Gasteiger partial charge in [0.1, 0.15) is 12.4 Å². The van der Waals surface area contributed by atoms with Crippen LogP contribution in [-0.2, 0) is 6.61 Å². The molecule has 4 rings (SSSR count). The van der Waals surface area contributed by atoms with E-state index in [0.717, 1.165) is 11.1 Å². The highest BCUT2D eigenvalue weighted by Crippen LogP contribution is 2.26. The van der Waals surface area contributed by atoms with Gasteiger partial charge in [-0.1, -0.05) is 54.1 Å². The van der Waals surface area contributed by atoms with Crippen molar-refractivity contribution in [3.8, 4) is 17.1 Å². The maximum Gasteiger partial charge on any atom is 0.269 e. The standard InChI is InChI=1S/C22H16ClN5O3S/c23-19-12-15(9-10-20(19)31-14-16-5-4-8-18(11-16)28(29)30)13-24-27-21(25-26-22(27)32)17-6-2-1-3-7-17/h1-13H,14H2,(H,26,32)/b24-13+. The smallest absolute Gasteiger partial charge is 0.269 e. The molecule has 0 spiro atoms. The summed E-state index contributed by atoms with van der Waals surface area (Å²) < 4.78 is 7.62. The van der Waals surface area contributed by atoms with Gasteiger partial charge in [0.2, 0.25) is 4.77 Å². The highest BCUT2D eigenvalue weighted by atomic mass is 35.5. The van der Waals surface area contributed by atoms with E-state index in [4.69, 9.17) is 28.6 Å². The average molecular weight is 466 g/mol. The zero-order valence-corrected chi connectivity index (χ0v) is 18.1. The van der Waals surface area contributed by atoms with E-state index >= 15 is 0 Å². The second kappa shape index (κ2) is 9.54. The van der Waals surface area contributed by atoms with E-state index in [0.29, 0.717) is 26.9 Å². The minimum Gasteiger partial charge on any atom is -0.487 e. The van der Waals surface area contributed by atoms with Crippen molar-refractivity contribution in [2.75, 3.05) is 0 Å². The molecule has 3 aromatic carbocycles. The Hall–Kier alpha value is -3.82. The van der Waals surface area contributed by atoms with E-state index in [2.05, 4.69) is 15.3 Å². The molecule has 0 radical (unpaired) electrons. The van der Waals surface area contributed by atoms with Crippen LogP contribution in [0.15, 0.2) is 77.9 Å². The number of nitrogens with zero attached hydrogens (tertiary/aromatic N) is 4. The topological polar surface area (TPSA) is 98.3 Å². The van der Waals surface area contributed by atoms with E-state index in [1.165, 1.54) is 16.8 Å². The van der Waals surface area contributed by atoms with Crippen LogP contribution in [0.25, 0.3) is 11.4 Å². The summed E-state index contributed by atoms with van der Waals surface area (Å²) in [6.45, 7) is 0.152. The Balaban J connectivity index is 1.49. The third-order valence-corrected chi connectivity index (χ3v) is 5.04. The summed E-state index contributed by atoms with van der Waals surface area (Å²) in [6, 6.07) is 21.1. The summed E-state index contributed by atoms with van der Waals surface area (Å²) in [7, 11) is 0. The van der Waals surface area contributed by atoms with E-state index in [1.54, 1.807) is 36.5 Å². The summed E-state index contributed by atoms with van der Waals surface area (Å²) in [5.74, 6) is 1.05. The van der Waals surface area contributed by atoms with E-state index in [1.807, 2.05) is 30.3 Å². The molecule has 0 bridgehead atoms. The summed E-state index contributed by atoms with van der Waals surface area (Å²) in [6.07, 6.45) is 1.62. The van der Waals surface area contributed by atoms with Gasteiger partial charge in [0, 0.05) is 17.7 Å². The number of hydrogen-bond donors (Lipinski definition) is 1. The molecule has 0 unspecified atom stereocenters. The van der Waals surface area contributed by atoms with Gasteiger partial charge in [-0.05, 0) is 41.5 Å². The van der Waals surface area contributed by atoms with E-state index in [-0.39, 0.29) is 12.3 Å². The molecule has 1 heterocycles. The number of nitro benzene ring substituents is 1. The molecular weight excluding hydrogens is 450 g/mol. The van der Waals surface area contributed by atoms with Gasteiger partial charge >= 0.3 is 0 Å². The van der Waals surface area contributed by atoms with Crippen molar-refractivity contribution >= 4 is 35.7 Å². The molecule has 8 nitrogen and oxygen atoms in total. The van der Waals surface area contributed by atoms with Gasteiger partial charge in [0.25, 0.3) is 5.69 Å². The summed E-state index contributed by atoms with van der Waals surface area (Å²) in [5, 5.41) is 22.7. The SMILES string of the molecule is O=[N+]([O-])c1cccc(COc2ccc(/C=N/n3c(-c4ccccc4)n[nH]c3=S)cc2Cl)c1. The molecule has 0 aliphatic heterocycles. The molecule has 1 N–H and O–H groups in total. The van der Waals surface area contributed by atoms with Gasteiger partial charge in [-0.2, -0.15) is 14.9 Å². The Morgan fingerprint density at radius 2 is 1.97 bits per heavy atom. The van der Waals surface area contributed by atoms with Gasteiger partial charge < -0.3 is 4.74 Å². The Labute approximate surface area is 192 Å². The zero-order valence-electron chi connectivity index (χ0n) is 16.5. The van der Waals surface area contributed by atoms with Crippen molar-refractivity contribution in [3.63, 3.8) is 0 Å². The van der Waals surface area contributed by atoms with Gasteiger partial charge in [-0.3, -0.25) is 10.1 Å². The summed E-state index contributed by atoms with van der Waals surface area (Å²) in [5.41, 5.74) is 2.29. The molecule has 160 valence electrons. The third kappa shape index (κ3) is 4.90. The lowest BCUT2D eigenvalue weighted by molar-refractivity contribution is -0.384. The minimum absolute atomic E-state index is 0.0106. The third-order valence-electron chi connectivity index (χ3n) is 4.48. The predicted octanol–water partition coefficient (Wildman–Crippen LogP) is 5.63. The highest BCUT2D eigenvalue weighted by molar-refractivity contribution is 7.71. The summed E-state index contributed by atoms with van der Waals surface area (Å²) >= 11 is 11.6. The number of nitro groups is 1. The molecule has 0 atom stereocenters. The van der Waals surface area contributed by atoms with Gasteiger partial charge in [0.15, 0.2) is 5.82 Å². The molecule has 0 aliphatic rings. The summed E-state index contributed by atoms with van der Waals surface area (Å²) in [4.78, 5) is 10.5. The molecule has 0 aliphatic carbocycles.